The Labute approximate surface area is 206 Å². The summed E-state index contributed by atoms with van der Waals surface area (Å²) in [5.74, 6) is 0. The van der Waals surface area contributed by atoms with Crippen molar-refractivity contribution in [2.24, 2.45) is 0 Å². The zero-order valence-electron chi connectivity index (χ0n) is 21.1. The minimum atomic E-state index is 0. The molecule has 0 rings (SSSR count). The monoisotopic (exact) mass is 505 g/mol. The Balaban J connectivity index is 0. The quantitative estimate of drug-likeness (QED) is 0.118. The van der Waals surface area contributed by atoms with Crippen LogP contribution in [0.5, 0.6) is 0 Å². The molecule has 0 amide bonds. The highest BCUT2D eigenvalue weighted by Gasteiger charge is 2.25. The highest BCUT2D eigenvalue weighted by Crippen LogP contribution is 2.15. The summed E-state index contributed by atoms with van der Waals surface area (Å²) in [6.07, 6.45) is 27.2. The first-order chi connectivity index (χ1) is 14.7. The van der Waals surface area contributed by atoms with Gasteiger partial charge in [-0.15, -0.1) is 0 Å². The molecule has 0 aromatic rings. The third-order valence-corrected chi connectivity index (χ3v) is 6.53. The first-order valence-electron chi connectivity index (χ1n) is 13.5. The molecule has 31 heavy (non-hydrogen) atoms. The van der Waals surface area contributed by atoms with Crippen LogP contribution in [-0.4, -0.2) is 54.1 Å². The third kappa shape index (κ3) is 21.7. The predicted octanol–water partition coefficient (Wildman–Crippen LogP) is 4.02. The van der Waals surface area contributed by atoms with E-state index in [0.29, 0.717) is 0 Å². The topological polar surface area (TPSA) is 40.5 Å². The molecule has 2 N–H and O–H groups in total. The fraction of sp³-hybridized carbons (Fsp3) is 0.926. The molecule has 0 heterocycles. The highest BCUT2D eigenvalue weighted by atomic mass is 79.9. The molecule has 0 atom stereocenters. The van der Waals surface area contributed by atoms with Crippen LogP contribution < -0.4 is 17.0 Å². The van der Waals surface area contributed by atoms with Gasteiger partial charge in [0.1, 0.15) is 13.1 Å². The summed E-state index contributed by atoms with van der Waals surface area (Å²) in [7, 11) is 0. The first kappa shape index (κ1) is 33.3. The summed E-state index contributed by atoms with van der Waals surface area (Å²) in [6.45, 7) is 8.81. The van der Waals surface area contributed by atoms with E-state index >= 15 is 0 Å². The van der Waals surface area contributed by atoms with Gasteiger partial charge in [-0.2, -0.15) is 0 Å². The van der Waals surface area contributed by atoms with Crippen molar-refractivity contribution in [2.45, 2.75) is 123 Å². The average molecular weight is 507 g/mol. The van der Waals surface area contributed by atoms with Gasteiger partial charge >= 0.3 is 0 Å². The molecule has 0 aromatic heterocycles. The molecule has 0 fully saturated rings. The fourth-order valence-corrected chi connectivity index (χ4v) is 4.49. The number of hydrogen-bond acceptors (Lipinski definition) is 2. The van der Waals surface area contributed by atoms with Crippen LogP contribution in [0.2, 0.25) is 0 Å². The zero-order chi connectivity index (χ0) is 22.2. The van der Waals surface area contributed by atoms with E-state index in [2.05, 4.69) is 26.0 Å². The van der Waals surface area contributed by atoms with E-state index in [0.717, 1.165) is 30.7 Å². The third-order valence-electron chi connectivity index (χ3n) is 6.53. The molecular weight excluding hydrogens is 450 g/mol. The van der Waals surface area contributed by atoms with Crippen molar-refractivity contribution >= 4 is 0 Å². The van der Waals surface area contributed by atoms with Crippen LogP contribution >= 0.6 is 0 Å². The highest BCUT2D eigenvalue weighted by molar-refractivity contribution is 4.81. The maximum atomic E-state index is 9.52. The van der Waals surface area contributed by atoms with Crippen molar-refractivity contribution in [3.05, 3.63) is 12.2 Å². The van der Waals surface area contributed by atoms with Crippen molar-refractivity contribution in [3.8, 4) is 0 Å². The number of unbranched alkanes of at least 4 members (excludes halogenated alkanes) is 14. The van der Waals surface area contributed by atoms with Crippen LogP contribution in [0.4, 0.5) is 0 Å². The number of rotatable bonds is 24. The molecule has 3 nitrogen and oxygen atoms in total. The maximum absolute atomic E-state index is 9.52. The summed E-state index contributed by atoms with van der Waals surface area (Å²) in [5.41, 5.74) is 0. The molecule has 0 saturated heterocycles. The van der Waals surface area contributed by atoms with Crippen LogP contribution in [0.15, 0.2) is 12.2 Å². The van der Waals surface area contributed by atoms with Gasteiger partial charge in [-0.05, 0) is 51.4 Å². The van der Waals surface area contributed by atoms with Gasteiger partial charge in [0.2, 0.25) is 0 Å². The molecule has 0 aliphatic rings. The molecule has 0 bridgehead atoms. The molecule has 4 heteroatoms. The van der Waals surface area contributed by atoms with Gasteiger partial charge in [0.15, 0.2) is 0 Å². The van der Waals surface area contributed by atoms with Crippen LogP contribution in [0.25, 0.3) is 0 Å². The second-order valence-electron chi connectivity index (χ2n) is 9.33. The Hall–Kier alpha value is 0.100. The van der Waals surface area contributed by atoms with Crippen LogP contribution in [0, 0.1) is 0 Å². The van der Waals surface area contributed by atoms with Gasteiger partial charge in [0, 0.05) is 0 Å². The lowest BCUT2D eigenvalue weighted by Gasteiger charge is -2.38. The zero-order valence-corrected chi connectivity index (χ0v) is 22.7. The summed E-state index contributed by atoms with van der Waals surface area (Å²) >= 11 is 0. The molecular formula is C27H56BrNO2. The van der Waals surface area contributed by atoms with Gasteiger partial charge in [-0.1, -0.05) is 83.8 Å². The number of aliphatic hydroxyl groups excluding tert-OH is 2. The minimum Gasteiger partial charge on any atom is -1.00 e. The summed E-state index contributed by atoms with van der Waals surface area (Å²) in [5, 5.41) is 19.0. The van der Waals surface area contributed by atoms with Gasteiger partial charge in [0.05, 0.1) is 26.3 Å². The van der Waals surface area contributed by atoms with Crippen molar-refractivity contribution in [1.29, 1.82) is 0 Å². The molecule has 0 aliphatic carbocycles. The summed E-state index contributed by atoms with van der Waals surface area (Å²) in [4.78, 5) is 0. The Kier molecular flexibility index (Phi) is 28.3. The Morgan fingerprint density at radius 3 is 1.29 bits per heavy atom. The lowest BCUT2D eigenvalue weighted by Crippen LogP contribution is -3.00. The number of aliphatic hydroxyl groups is 2. The molecule has 0 radical (unpaired) electrons. The van der Waals surface area contributed by atoms with Gasteiger partial charge in [0.25, 0.3) is 0 Å². The van der Waals surface area contributed by atoms with E-state index < -0.39 is 0 Å². The van der Waals surface area contributed by atoms with Crippen molar-refractivity contribution in [1.82, 2.24) is 0 Å². The number of allylic oxidation sites excluding steroid dienone is 2. The van der Waals surface area contributed by atoms with E-state index in [1.807, 2.05) is 0 Å². The Morgan fingerprint density at radius 1 is 0.484 bits per heavy atom. The van der Waals surface area contributed by atoms with Crippen LogP contribution in [0.1, 0.15) is 123 Å². The number of halogens is 1. The van der Waals surface area contributed by atoms with Crippen molar-refractivity contribution < 1.29 is 31.7 Å². The Morgan fingerprint density at radius 2 is 0.839 bits per heavy atom. The van der Waals surface area contributed by atoms with E-state index in [1.165, 1.54) is 109 Å². The van der Waals surface area contributed by atoms with Crippen LogP contribution in [0.3, 0.4) is 0 Å². The van der Waals surface area contributed by atoms with Gasteiger partial charge in [-0.25, -0.2) is 0 Å². The van der Waals surface area contributed by atoms with E-state index in [9.17, 15) is 10.2 Å². The van der Waals surface area contributed by atoms with E-state index in [-0.39, 0.29) is 30.2 Å². The Bertz CT molecular complexity index is 357. The van der Waals surface area contributed by atoms with E-state index in [1.54, 1.807) is 0 Å². The van der Waals surface area contributed by atoms with Crippen molar-refractivity contribution in [3.63, 3.8) is 0 Å². The summed E-state index contributed by atoms with van der Waals surface area (Å²) in [6, 6.07) is 0. The van der Waals surface area contributed by atoms with Crippen LogP contribution in [-0.2, 0) is 0 Å². The molecule has 0 unspecified atom stereocenters. The summed E-state index contributed by atoms with van der Waals surface area (Å²) < 4.78 is 0.913. The lowest BCUT2D eigenvalue weighted by atomic mass is 10.1. The smallest absolute Gasteiger partial charge is 0.102 e. The second kappa shape index (κ2) is 26.4. The van der Waals surface area contributed by atoms with Crippen molar-refractivity contribution in [2.75, 3.05) is 39.4 Å². The fourth-order valence-electron chi connectivity index (χ4n) is 4.49. The molecule has 0 aromatic carbocycles. The molecule has 188 valence electrons. The SMILES string of the molecule is CCCCCCCC/C=C\CCCCCCCC[N+](CCO)(CCO)CCCCC.[Br-]. The average Bonchev–Trinajstić information content (AvgIpc) is 2.74. The largest absolute Gasteiger partial charge is 1.00 e. The first-order valence-corrected chi connectivity index (χ1v) is 13.5. The normalized spacial score (nSPS) is 11.9. The predicted molar refractivity (Wildman–Crippen MR) is 133 cm³/mol. The molecule has 0 saturated carbocycles. The second-order valence-corrected chi connectivity index (χ2v) is 9.33. The molecule has 0 aliphatic heterocycles. The minimum absolute atomic E-state index is 0. The maximum Gasteiger partial charge on any atom is 0.102 e. The van der Waals surface area contributed by atoms with E-state index in [4.69, 9.17) is 0 Å². The van der Waals surface area contributed by atoms with Gasteiger partial charge in [-0.3, -0.25) is 0 Å². The number of nitrogens with zero attached hydrogens (tertiary/aromatic N) is 1. The number of quaternary nitrogens is 1. The lowest BCUT2D eigenvalue weighted by molar-refractivity contribution is -0.929. The number of hydrogen-bond donors (Lipinski definition) is 2. The van der Waals surface area contributed by atoms with Gasteiger partial charge < -0.3 is 31.7 Å². The standard InChI is InChI=1S/C27H56NO2.BrH/c1-3-5-7-8-9-10-11-12-13-14-15-16-17-18-19-21-23-28(24-26-29,25-27-30)22-20-6-4-2;/h12-13,29-30H,3-11,14-27H2,1-2H3;1H/q+1;/p-1/b13-12-;. The molecule has 0 spiro atoms.